The van der Waals surface area contributed by atoms with Crippen molar-refractivity contribution in [1.82, 2.24) is 10.6 Å². The molecule has 2 N–H and O–H groups in total. The van der Waals surface area contributed by atoms with E-state index in [9.17, 15) is 4.79 Å². The molecule has 3 unspecified atom stereocenters. The Morgan fingerprint density at radius 1 is 1.23 bits per heavy atom. The first-order chi connectivity index (χ1) is 14.5. The topological polar surface area (TPSA) is 50.4 Å². The molecule has 1 saturated carbocycles. The lowest BCUT2D eigenvalue weighted by molar-refractivity contribution is 0.0884. The first-order valence-corrected chi connectivity index (χ1v) is 12.3. The van der Waals surface area contributed by atoms with Gasteiger partial charge in [-0.05, 0) is 74.8 Å². The molecule has 1 spiro atoms. The molecule has 0 radical (unpaired) electrons. The zero-order chi connectivity index (χ0) is 20.7. The number of piperidine rings is 1. The predicted molar refractivity (Wildman–Crippen MR) is 122 cm³/mol. The summed E-state index contributed by atoms with van der Waals surface area (Å²) < 4.78 is 6.80. The van der Waals surface area contributed by atoms with Gasteiger partial charge in [0.25, 0.3) is 5.91 Å². The Balaban J connectivity index is 1.41. The van der Waals surface area contributed by atoms with Crippen molar-refractivity contribution in [3.63, 3.8) is 0 Å². The van der Waals surface area contributed by atoms with Crippen LogP contribution in [0.1, 0.15) is 71.4 Å². The molecule has 0 bridgehead atoms. The van der Waals surface area contributed by atoms with Crippen LogP contribution in [-0.4, -0.2) is 31.2 Å². The second-order valence-corrected chi connectivity index (χ2v) is 10.9. The van der Waals surface area contributed by atoms with Crippen LogP contribution in [0.25, 0.3) is 0 Å². The third-order valence-corrected chi connectivity index (χ3v) is 8.32. The molecular formula is C24H29ClN2O2S. The Kier molecular flexibility index (Phi) is 5.65. The van der Waals surface area contributed by atoms with Crippen molar-refractivity contribution in [2.24, 2.45) is 0 Å². The van der Waals surface area contributed by atoms with Crippen LogP contribution < -0.4 is 10.6 Å². The van der Waals surface area contributed by atoms with Crippen molar-refractivity contribution in [1.29, 1.82) is 0 Å². The minimum absolute atomic E-state index is 0.0422. The normalized spacial score (nSPS) is 29.1. The van der Waals surface area contributed by atoms with Crippen molar-refractivity contribution in [2.45, 2.75) is 69.0 Å². The van der Waals surface area contributed by atoms with E-state index in [1.54, 1.807) is 11.3 Å². The number of amides is 1. The van der Waals surface area contributed by atoms with E-state index in [0.717, 1.165) is 61.6 Å². The maximum absolute atomic E-state index is 12.3. The monoisotopic (exact) mass is 444 g/mol. The number of ether oxygens (including phenoxy) is 1. The van der Waals surface area contributed by atoms with E-state index in [2.05, 4.69) is 35.8 Å². The van der Waals surface area contributed by atoms with E-state index in [1.165, 1.54) is 16.0 Å². The molecule has 30 heavy (non-hydrogen) atoms. The van der Waals surface area contributed by atoms with Gasteiger partial charge in [-0.1, -0.05) is 23.7 Å². The van der Waals surface area contributed by atoms with Crippen molar-refractivity contribution < 1.29 is 9.53 Å². The molecule has 3 atom stereocenters. The number of rotatable bonds is 3. The van der Waals surface area contributed by atoms with Crippen LogP contribution in [0, 0.1) is 0 Å². The van der Waals surface area contributed by atoms with Crippen LogP contribution in [0.4, 0.5) is 0 Å². The van der Waals surface area contributed by atoms with Crippen LogP contribution in [-0.2, 0) is 16.6 Å². The van der Waals surface area contributed by atoms with E-state index in [1.807, 2.05) is 12.1 Å². The van der Waals surface area contributed by atoms with Crippen LogP contribution in [0.2, 0.25) is 4.34 Å². The molecule has 1 amide bonds. The molecule has 1 aromatic carbocycles. The number of fused-ring (bicyclic) bond motifs is 2. The Bertz CT molecular complexity index is 924. The lowest BCUT2D eigenvalue weighted by Crippen LogP contribution is -2.47. The summed E-state index contributed by atoms with van der Waals surface area (Å²) in [6.07, 6.45) is 6.30. The number of carbonyl (C=O) groups is 1. The smallest absolute Gasteiger partial charge is 0.251 e. The number of hydrogen-bond donors (Lipinski definition) is 2. The van der Waals surface area contributed by atoms with Gasteiger partial charge in [-0.3, -0.25) is 4.79 Å². The number of hydrogen-bond acceptors (Lipinski definition) is 4. The summed E-state index contributed by atoms with van der Waals surface area (Å²) in [5.74, 6) is 0.0422. The summed E-state index contributed by atoms with van der Waals surface area (Å²) in [6.45, 7) is 3.85. The van der Waals surface area contributed by atoms with Crippen molar-refractivity contribution >= 4 is 28.8 Å². The summed E-state index contributed by atoms with van der Waals surface area (Å²) in [5.41, 5.74) is 3.45. The second kappa shape index (κ2) is 8.27. The highest BCUT2D eigenvalue weighted by atomic mass is 35.5. The average molecular weight is 445 g/mol. The number of thiophene rings is 1. The SMILES string of the molecule is CC1CC2(CCOCCc3cc(Cl)sc32)CC(c2ccc(C(=O)NC3CC3)cc2)N1. The van der Waals surface area contributed by atoms with Gasteiger partial charge in [0.05, 0.1) is 10.9 Å². The largest absolute Gasteiger partial charge is 0.381 e. The van der Waals surface area contributed by atoms with Crippen LogP contribution in [0.5, 0.6) is 0 Å². The van der Waals surface area contributed by atoms with Gasteiger partial charge in [0.1, 0.15) is 0 Å². The highest BCUT2D eigenvalue weighted by Gasteiger charge is 2.43. The van der Waals surface area contributed by atoms with E-state index in [0.29, 0.717) is 12.1 Å². The molecule has 3 aliphatic rings. The Labute approximate surface area is 187 Å². The zero-order valence-corrected chi connectivity index (χ0v) is 19.0. The Hall–Kier alpha value is -1.40. The van der Waals surface area contributed by atoms with Crippen LogP contribution >= 0.6 is 22.9 Å². The summed E-state index contributed by atoms with van der Waals surface area (Å²) in [6, 6.07) is 11.3. The zero-order valence-electron chi connectivity index (χ0n) is 17.4. The minimum atomic E-state index is 0.0422. The fourth-order valence-electron chi connectivity index (χ4n) is 5.18. The highest BCUT2D eigenvalue weighted by Crippen LogP contribution is 2.49. The fraction of sp³-hybridized carbons (Fsp3) is 0.542. The maximum atomic E-state index is 12.3. The van der Waals surface area contributed by atoms with E-state index in [4.69, 9.17) is 16.3 Å². The van der Waals surface area contributed by atoms with E-state index < -0.39 is 0 Å². The lowest BCUT2D eigenvalue weighted by Gasteiger charge is -2.45. The molecule has 6 heteroatoms. The molecule has 160 valence electrons. The van der Waals surface area contributed by atoms with Crippen molar-refractivity contribution in [2.75, 3.05) is 13.2 Å². The Morgan fingerprint density at radius 2 is 2.03 bits per heavy atom. The van der Waals surface area contributed by atoms with E-state index in [-0.39, 0.29) is 17.4 Å². The maximum Gasteiger partial charge on any atom is 0.251 e. The molecule has 2 aromatic rings. The molecular weight excluding hydrogens is 416 g/mol. The van der Waals surface area contributed by atoms with Gasteiger partial charge in [-0.15, -0.1) is 11.3 Å². The van der Waals surface area contributed by atoms with Gasteiger partial charge in [-0.2, -0.15) is 0 Å². The van der Waals surface area contributed by atoms with Crippen molar-refractivity contribution in [3.05, 3.63) is 56.2 Å². The molecule has 5 rings (SSSR count). The van der Waals surface area contributed by atoms with Gasteiger partial charge in [0, 0.05) is 40.6 Å². The molecule has 1 aromatic heterocycles. The number of halogens is 1. The average Bonchev–Trinajstić information content (AvgIpc) is 3.46. The van der Waals surface area contributed by atoms with Gasteiger partial charge in [0.2, 0.25) is 0 Å². The predicted octanol–water partition coefficient (Wildman–Crippen LogP) is 5.01. The third kappa shape index (κ3) is 4.18. The number of nitrogens with one attached hydrogen (secondary N) is 2. The molecule has 2 aliphatic heterocycles. The molecule has 4 nitrogen and oxygen atoms in total. The first kappa shape index (κ1) is 20.5. The molecule has 1 saturated heterocycles. The van der Waals surface area contributed by atoms with Gasteiger partial charge in [-0.25, -0.2) is 0 Å². The van der Waals surface area contributed by atoms with Crippen molar-refractivity contribution in [3.8, 4) is 0 Å². The summed E-state index contributed by atoms with van der Waals surface area (Å²) in [5, 5.41) is 6.87. The van der Waals surface area contributed by atoms with Gasteiger partial charge < -0.3 is 15.4 Å². The molecule has 1 aliphatic carbocycles. The molecule has 3 heterocycles. The fourth-order valence-corrected chi connectivity index (χ4v) is 6.72. The first-order valence-electron chi connectivity index (χ1n) is 11.1. The van der Waals surface area contributed by atoms with Crippen LogP contribution in [0.3, 0.4) is 0 Å². The van der Waals surface area contributed by atoms with E-state index >= 15 is 0 Å². The Morgan fingerprint density at radius 3 is 2.80 bits per heavy atom. The minimum Gasteiger partial charge on any atom is -0.381 e. The summed E-state index contributed by atoms with van der Waals surface area (Å²) in [4.78, 5) is 13.8. The molecule has 2 fully saturated rings. The third-order valence-electron chi connectivity index (χ3n) is 6.77. The lowest BCUT2D eigenvalue weighted by atomic mass is 9.68. The second-order valence-electron chi connectivity index (χ2n) is 9.20. The number of carbonyl (C=O) groups excluding carboxylic acids is 1. The van der Waals surface area contributed by atoms with Crippen LogP contribution in [0.15, 0.2) is 30.3 Å². The highest BCUT2D eigenvalue weighted by molar-refractivity contribution is 7.16. The van der Waals surface area contributed by atoms with Gasteiger partial charge in [0.15, 0.2) is 0 Å². The van der Waals surface area contributed by atoms with Gasteiger partial charge >= 0.3 is 0 Å². The standard InChI is InChI=1S/C24H29ClN2O2S/c1-15-13-24(9-11-29-10-8-18-12-21(25)30-22(18)24)14-20(26-15)16-2-4-17(5-3-16)23(28)27-19-6-7-19/h2-5,12,15,19-20,26H,6-11,13-14H2,1H3,(H,27,28). The summed E-state index contributed by atoms with van der Waals surface area (Å²) >= 11 is 8.23. The number of benzene rings is 1. The quantitative estimate of drug-likeness (QED) is 0.699. The summed E-state index contributed by atoms with van der Waals surface area (Å²) in [7, 11) is 0.